The second kappa shape index (κ2) is 7.82. The number of carbonyl (C=O) groups is 1. The van der Waals surface area contributed by atoms with Crippen molar-refractivity contribution in [2.24, 2.45) is 0 Å². The fourth-order valence-corrected chi connectivity index (χ4v) is 3.28. The first-order chi connectivity index (χ1) is 12.2. The number of hydrogen-bond acceptors (Lipinski definition) is 3. The number of urea groups is 1. The summed E-state index contributed by atoms with van der Waals surface area (Å²) in [5, 5.41) is 22.3. The van der Waals surface area contributed by atoms with Crippen LogP contribution >= 0.6 is 0 Å². The first kappa shape index (κ1) is 17.0. The van der Waals surface area contributed by atoms with Gasteiger partial charge in [-0.15, -0.1) is 0 Å². The minimum atomic E-state index is -0.582. The molecule has 0 aromatic heterocycles. The Kier molecular flexibility index (Phi) is 5.32. The van der Waals surface area contributed by atoms with Gasteiger partial charge in [-0.1, -0.05) is 36.4 Å². The maximum atomic E-state index is 12.6. The van der Waals surface area contributed by atoms with Gasteiger partial charge >= 0.3 is 6.03 Å². The van der Waals surface area contributed by atoms with Crippen molar-refractivity contribution >= 4 is 11.7 Å². The van der Waals surface area contributed by atoms with Crippen molar-refractivity contribution in [1.29, 1.82) is 5.26 Å². The van der Waals surface area contributed by atoms with E-state index < -0.39 is 6.10 Å². The largest absolute Gasteiger partial charge is 0.388 e. The summed E-state index contributed by atoms with van der Waals surface area (Å²) < 4.78 is 0. The molecule has 3 rings (SSSR count). The van der Waals surface area contributed by atoms with Gasteiger partial charge in [0, 0.05) is 18.3 Å². The molecule has 1 aliphatic heterocycles. The topological polar surface area (TPSA) is 76.4 Å². The number of nitrogens with one attached hydrogen (secondary N) is 1. The van der Waals surface area contributed by atoms with Gasteiger partial charge in [0.1, 0.15) is 0 Å². The highest BCUT2D eigenvalue weighted by Gasteiger charge is 2.30. The minimum absolute atomic E-state index is 0.00866. The van der Waals surface area contributed by atoms with Crippen LogP contribution in [-0.2, 0) is 0 Å². The van der Waals surface area contributed by atoms with E-state index in [-0.39, 0.29) is 12.1 Å². The molecule has 0 radical (unpaired) electrons. The highest BCUT2D eigenvalue weighted by Crippen LogP contribution is 2.28. The zero-order valence-corrected chi connectivity index (χ0v) is 13.9. The molecule has 0 spiro atoms. The molecule has 5 heteroatoms. The standard InChI is InChI=1S/C20H21N3O2/c21-14-15-6-4-9-17(12-15)22-20(25)23-11-5-10-18(23)13-19(24)16-7-2-1-3-8-16/h1-4,6-9,12,18-19,24H,5,10-11,13H2,(H,22,25)/t18-,19+/m0/s1. The number of rotatable bonds is 4. The minimum Gasteiger partial charge on any atom is -0.388 e. The van der Waals surface area contributed by atoms with E-state index in [1.807, 2.05) is 30.3 Å². The van der Waals surface area contributed by atoms with Crippen LogP contribution in [-0.4, -0.2) is 28.6 Å². The van der Waals surface area contributed by atoms with Crippen LogP contribution in [0, 0.1) is 11.3 Å². The second-order valence-electron chi connectivity index (χ2n) is 6.27. The van der Waals surface area contributed by atoms with Crippen molar-refractivity contribution < 1.29 is 9.90 Å². The molecule has 2 aromatic rings. The Labute approximate surface area is 147 Å². The van der Waals surface area contributed by atoms with Crippen molar-refractivity contribution in [3.05, 3.63) is 65.7 Å². The molecular formula is C20H21N3O2. The fraction of sp³-hybridized carbons (Fsp3) is 0.300. The Morgan fingerprint density at radius 3 is 2.84 bits per heavy atom. The average Bonchev–Trinajstić information content (AvgIpc) is 3.11. The maximum absolute atomic E-state index is 12.6. The van der Waals surface area contributed by atoms with Gasteiger partial charge in [-0.2, -0.15) is 5.26 Å². The van der Waals surface area contributed by atoms with Crippen LogP contribution in [0.3, 0.4) is 0 Å². The average molecular weight is 335 g/mol. The molecule has 2 N–H and O–H groups in total. The Bertz CT molecular complexity index is 770. The lowest BCUT2D eigenvalue weighted by atomic mass is 10.0. The van der Waals surface area contributed by atoms with Crippen molar-refractivity contribution in [2.75, 3.05) is 11.9 Å². The summed E-state index contributed by atoms with van der Waals surface area (Å²) in [6.07, 6.45) is 1.75. The van der Waals surface area contributed by atoms with Gasteiger partial charge in [0.15, 0.2) is 0 Å². The van der Waals surface area contributed by atoms with E-state index in [1.165, 1.54) is 0 Å². The van der Waals surface area contributed by atoms with E-state index in [9.17, 15) is 9.90 Å². The van der Waals surface area contributed by atoms with Crippen molar-refractivity contribution in [2.45, 2.75) is 31.4 Å². The third kappa shape index (κ3) is 4.17. The highest BCUT2D eigenvalue weighted by atomic mass is 16.3. The summed E-state index contributed by atoms with van der Waals surface area (Å²) in [5.74, 6) is 0. The molecule has 1 saturated heterocycles. The van der Waals surface area contributed by atoms with E-state index in [4.69, 9.17) is 5.26 Å². The molecule has 0 unspecified atom stereocenters. The van der Waals surface area contributed by atoms with E-state index >= 15 is 0 Å². The SMILES string of the molecule is N#Cc1cccc(NC(=O)N2CCC[C@H]2C[C@@H](O)c2ccccc2)c1. The van der Waals surface area contributed by atoms with E-state index in [2.05, 4.69) is 11.4 Å². The lowest BCUT2D eigenvalue weighted by Crippen LogP contribution is -2.39. The van der Waals surface area contributed by atoms with Crippen LogP contribution in [0.1, 0.15) is 36.5 Å². The molecule has 1 heterocycles. The maximum Gasteiger partial charge on any atom is 0.322 e. The number of nitrogens with zero attached hydrogens (tertiary/aromatic N) is 2. The number of carbonyl (C=O) groups excluding carboxylic acids is 1. The number of benzene rings is 2. The van der Waals surface area contributed by atoms with E-state index in [0.717, 1.165) is 18.4 Å². The number of anilines is 1. The summed E-state index contributed by atoms with van der Waals surface area (Å²) in [4.78, 5) is 14.4. The summed E-state index contributed by atoms with van der Waals surface area (Å²) in [5.41, 5.74) is 1.99. The molecular weight excluding hydrogens is 314 g/mol. The quantitative estimate of drug-likeness (QED) is 0.895. The summed E-state index contributed by atoms with van der Waals surface area (Å²) in [6, 6.07) is 18.3. The molecule has 0 bridgehead atoms. The summed E-state index contributed by atoms with van der Waals surface area (Å²) >= 11 is 0. The van der Waals surface area contributed by atoms with Gasteiger partial charge in [0.05, 0.1) is 17.7 Å². The third-order valence-electron chi connectivity index (χ3n) is 4.56. The van der Waals surface area contributed by atoms with Gasteiger partial charge in [0.2, 0.25) is 0 Å². The number of hydrogen-bond donors (Lipinski definition) is 2. The zero-order valence-electron chi connectivity index (χ0n) is 13.9. The number of nitriles is 1. The predicted octanol–water partition coefficient (Wildman–Crippen LogP) is 3.68. The fourth-order valence-electron chi connectivity index (χ4n) is 3.28. The van der Waals surface area contributed by atoms with Gasteiger partial charge in [-0.05, 0) is 43.0 Å². The number of amides is 2. The lowest BCUT2D eigenvalue weighted by molar-refractivity contribution is 0.130. The van der Waals surface area contributed by atoms with Crippen LogP contribution < -0.4 is 5.32 Å². The molecule has 2 atom stereocenters. The Morgan fingerprint density at radius 1 is 1.28 bits per heavy atom. The van der Waals surface area contributed by atoms with Crippen molar-refractivity contribution in [1.82, 2.24) is 4.90 Å². The monoisotopic (exact) mass is 335 g/mol. The Balaban J connectivity index is 1.64. The zero-order chi connectivity index (χ0) is 17.6. The molecule has 128 valence electrons. The van der Waals surface area contributed by atoms with Crippen LogP contribution in [0.25, 0.3) is 0 Å². The first-order valence-electron chi connectivity index (χ1n) is 8.48. The smallest absolute Gasteiger partial charge is 0.322 e. The van der Waals surface area contributed by atoms with E-state index in [0.29, 0.717) is 24.2 Å². The van der Waals surface area contributed by atoms with Crippen LogP contribution in [0.2, 0.25) is 0 Å². The van der Waals surface area contributed by atoms with Gasteiger partial charge in [-0.3, -0.25) is 0 Å². The van der Waals surface area contributed by atoms with Crippen molar-refractivity contribution in [3.63, 3.8) is 0 Å². The van der Waals surface area contributed by atoms with Gasteiger partial charge in [-0.25, -0.2) is 4.79 Å². The number of likely N-dealkylation sites (tertiary alicyclic amines) is 1. The molecule has 1 aliphatic rings. The molecule has 2 amide bonds. The summed E-state index contributed by atoms with van der Waals surface area (Å²) in [6.45, 7) is 0.677. The third-order valence-corrected chi connectivity index (χ3v) is 4.56. The summed E-state index contributed by atoms with van der Waals surface area (Å²) in [7, 11) is 0. The van der Waals surface area contributed by atoms with Crippen molar-refractivity contribution in [3.8, 4) is 6.07 Å². The lowest BCUT2D eigenvalue weighted by Gasteiger charge is -2.27. The number of aliphatic hydroxyl groups excluding tert-OH is 1. The molecule has 0 aliphatic carbocycles. The molecule has 1 fully saturated rings. The van der Waals surface area contributed by atoms with Crippen LogP contribution in [0.15, 0.2) is 54.6 Å². The second-order valence-corrected chi connectivity index (χ2v) is 6.27. The van der Waals surface area contributed by atoms with E-state index in [1.54, 1.807) is 29.2 Å². The normalized spacial score (nSPS) is 17.8. The predicted molar refractivity (Wildman–Crippen MR) is 95.9 cm³/mol. The Hall–Kier alpha value is -2.84. The van der Waals surface area contributed by atoms with Crippen LogP contribution in [0.5, 0.6) is 0 Å². The Morgan fingerprint density at radius 2 is 2.08 bits per heavy atom. The van der Waals surface area contributed by atoms with Gasteiger partial charge < -0.3 is 15.3 Å². The van der Waals surface area contributed by atoms with Gasteiger partial charge in [0.25, 0.3) is 0 Å². The molecule has 5 nitrogen and oxygen atoms in total. The molecule has 0 saturated carbocycles. The van der Waals surface area contributed by atoms with Crippen LogP contribution in [0.4, 0.5) is 10.5 Å². The number of aliphatic hydroxyl groups is 1. The first-order valence-corrected chi connectivity index (χ1v) is 8.48. The molecule has 25 heavy (non-hydrogen) atoms. The molecule has 2 aromatic carbocycles. The highest BCUT2D eigenvalue weighted by molar-refractivity contribution is 5.89.